The van der Waals surface area contributed by atoms with Gasteiger partial charge in [-0.05, 0) is 73.8 Å². The summed E-state index contributed by atoms with van der Waals surface area (Å²) in [5.41, 5.74) is 3.06. The molecule has 0 amide bonds. The van der Waals surface area contributed by atoms with E-state index in [1.165, 1.54) is 50.5 Å². The first-order valence-electron chi connectivity index (χ1n) is 8.72. The maximum absolute atomic E-state index is 11.0. The van der Waals surface area contributed by atoms with E-state index < -0.39 is 0 Å². The molecule has 0 spiro atoms. The molecule has 0 radical (unpaired) electrons. The fourth-order valence-electron chi connectivity index (χ4n) is 6.28. The molecule has 3 saturated carbocycles. The van der Waals surface area contributed by atoms with Crippen molar-refractivity contribution in [3.63, 3.8) is 0 Å². The molecule has 112 valence electrons. The zero-order valence-corrected chi connectivity index (χ0v) is 13.3. The van der Waals surface area contributed by atoms with E-state index in [0.717, 1.165) is 23.3 Å². The van der Waals surface area contributed by atoms with Crippen molar-refractivity contribution in [2.75, 3.05) is 0 Å². The Morgan fingerprint density at radius 2 is 2.00 bits per heavy atom. The summed E-state index contributed by atoms with van der Waals surface area (Å²) in [5, 5.41) is 0. The Kier molecular flexibility index (Phi) is 2.89. The highest BCUT2D eigenvalue weighted by atomic mass is 16.1. The number of allylic oxidation sites excluding steroid dienone is 5. The Bertz CT molecular complexity index is 577. The molecule has 0 saturated heterocycles. The molecule has 0 aliphatic heterocycles. The first-order valence-corrected chi connectivity index (χ1v) is 8.72. The maximum atomic E-state index is 11.0. The zero-order valence-electron chi connectivity index (χ0n) is 13.3. The van der Waals surface area contributed by atoms with Crippen molar-refractivity contribution in [2.24, 2.45) is 28.6 Å². The number of rotatable bonds is 0. The monoisotopic (exact) mass is 282 g/mol. The van der Waals surface area contributed by atoms with Gasteiger partial charge in [0.2, 0.25) is 0 Å². The summed E-state index contributed by atoms with van der Waals surface area (Å²) >= 11 is 0. The van der Waals surface area contributed by atoms with E-state index >= 15 is 0 Å². The molecule has 1 heteroatoms. The van der Waals surface area contributed by atoms with E-state index in [9.17, 15) is 4.79 Å². The van der Waals surface area contributed by atoms with Gasteiger partial charge in [-0.2, -0.15) is 0 Å². The first kappa shape index (κ1) is 13.6. The summed E-state index contributed by atoms with van der Waals surface area (Å²) < 4.78 is 0. The van der Waals surface area contributed by atoms with Gasteiger partial charge in [-0.15, -0.1) is 0 Å². The zero-order chi connectivity index (χ0) is 14.7. The highest BCUT2D eigenvalue weighted by Gasteiger charge is 2.55. The molecule has 4 aliphatic carbocycles. The molecule has 5 atom stereocenters. The third-order valence-corrected chi connectivity index (χ3v) is 7.48. The van der Waals surface area contributed by atoms with Crippen LogP contribution in [0.15, 0.2) is 29.4 Å². The molecule has 3 fully saturated rings. The lowest BCUT2D eigenvalue weighted by Gasteiger charge is -2.56. The Morgan fingerprint density at radius 3 is 2.81 bits per heavy atom. The Labute approximate surface area is 128 Å². The number of hydrogen-bond acceptors (Lipinski definition) is 1. The number of carbonyl (C=O) groups excluding carboxylic acids is 1. The van der Waals surface area contributed by atoms with Crippen molar-refractivity contribution >= 4 is 5.94 Å². The molecule has 4 aliphatic rings. The van der Waals surface area contributed by atoms with Crippen LogP contribution < -0.4 is 0 Å². The molecule has 0 N–H and O–H groups in total. The van der Waals surface area contributed by atoms with Gasteiger partial charge in [0.15, 0.2) is 0 Å². The SMILES string of the molecule is C[C@@]12CCC[C@H]1[C@@H]1CCC3=CC(=C=O)C=C[C@]3(C)[C@H]1CC2. The van der Waals surface area contributed by atoms with Gasteiger partial charge in [0.05, 0.1) is 5.57 Å². The Morgan fingerprint density at radius 1 is 1.14 bits per heavy atom. The van der Waals surface area contributed by atoms with E-state index in [0.29, 0.717) is 5.41 Å². The van der Waals surface area contributed by atoms with Gasteiger partial charge < -0.3 is 0 Å². The fourth-order valence-corrected chi connectivity index (χ4v) is 6.28. The van der Waals surface area contributed by atoms with Gasteiger partial charge >= 0.3 is 0 Å². The quantitative estimate of drug-likeness (QED) is 0.579. The molecular weight excluding hydrogens is 256 g/mol. The Balaban J connectivity index is 1.71. The van der Waals surface area contributed by atoms with Gasteiger partial charge in [0, 0.05) is 5.41 Å². The van der Waals surface area contributed by atoms with Crippen LogP contribution in [-0.4, -0.2) is 5.94 Å². The molecular formula is C20H26O. The molecule has 4 rings (SSSR count). The molecule has 1 nitrogen and oxygen atoms in total. The first-order chi connectivity index (χ1) is 10.1. The van der Waals surface area contributed by atoms with E-state index in [1.54, 1.807) is 0 Å². The van der Waals surface area contributed by atoms with E-state index in [4.69, 9.17) is 0 Å². The molecule has 0 heterocycles. The largest absolute Gasteiger partial charge is 0.233 e. The minimum atomic E-state index is 0.202. The summed E-state index contributed by atoms with van der Waals surface area (Å²) in [6.45, 7) is 4.98. The second-order valence-electron chi connectivity index (χ2n) is 8.34. The van der Waals surface area contributed by atoms with Crippen LogP contribution in [0.4, 0.5) is 0 Å². The van der Waals surface area contributed by atoms with Crippen LogP contribution in [0.5, 0.6) is 0 Å². The topological polar surface area (TPSA) is 17.1 Å². The maximum Gasteiger partial charge on any atom is 0.132 e. The predicted octanol–water partition coefficient (Wildman–Crippen LogP) is 4.87. The molecule has 0 unspecified atom stereocenters. The van der Waals surface area contributed by atoms with Gasteiger partial charge in [-0.1, -0.05) is 31.9 Å². The van der Waals surface area contributed by atoms with Gasteiger partial charge in [-0.3, -0.25) is 0 Å². The smallest absolute Gasteiger partial charge is 0.132 e. The van der Waals surface area contributed by atoms with Gasteiger partial charge in [-0.25, -0.2) is 4.79 Å². The molecule has 0 aromatic heterocycles. The van der Waals surface area contributed by atoms with Crippen LogP contribution >= 0.6 is 0 Å². The summed E-state index contributed by atoms with van der Waals surface area (Å²) in [5.74, 6) is 4.72. The average Bonchev–Trinajstić information content (AvgIpc) is 2.88. The van der Waals surface area contributed by atoms with Crippen LogP contribution in [0.1, 0.15) is 58.8 Å². The molecule has 0 aromatic carbocycles. The summed E-state index contributed by atoms with van der Waals surface area (Å²) in [4.78, 5) is 11.0. The highest BCUT2D eigenvalue weighted by molar-refractivity contribution is 5.65. The minimum absolute atomic E-state index is 0.202. The Hall–Kier alpha value is -1.07. The lowest BCUT2D eigenvalue weighted by atomic mass is 9.48. The highest BCUT2D eigenvalue weighted by Crippen LogP contribution is 2.64. The third-order valence-electron chi connectivity index (χ3n) is 7.48. The van der Waals surface area contributed by atoms with Crippen LogP contribution in [0.3, 0.4) is 0 Å². The standard InChI is InChI=1S/C20H26O/c1-19-9-3-4-17(19)16-6-5-15-12-14(13-21)7-11-20(15,2)18(16)8-10-19/h7,11-12,16-18H,3-6,8-10H2,1-2H3/t16-,17-,18-,19-,20-/m0/s1. The number of hydrogen-bond donors (Lipinski definition) is 0. The summed E-state index contributed by atoms with van der Waals surface area (Å²) in [6, 6.07) is 0. The van der Waals surface area contributed by atoms with Crippen molar-refractivity contribution in [3.8, 4) is 0 Å². The van der Waals surface area contributed by atoms with Crippen molar-refractivity contribution in [1.29, 1.82) is 0 Å². The van der Waals surface area contributed by atoms with Crippen molar-refractivity contribution in [1.82, 2.24) is 0 Å². The number of fused-ring (bicyclic) bond motifs is 5. The second-order valence-corrected chi connectivity index (χ2v) is 8.34. The van der Waals surface area contributed by atoms with Crippen LogP contribution in [-0.2, 0) is 4.79 Å². The average molecular weight is 282 g/mol. The van der Waals surface area contributed by atoms with Gasteiger partial charge in [0.1, 0.15) is 5.94 Å². The van der Waals surface area contributed by atoms with Gasteiger partial charge in [0.25, 0.3) is 0 Å². The third kappa shape index (κ3) is 1.80. The second kappa shape index (κ2) is 4.46. The van der Waals surface area contributed by atoms with E-state index in [2.05, 4.69) is 31.9 Å². The van der Waals surface area contributed by atoms with Crippen molar-refractivity contribution in [2.45, 2.75) is 58.8 Å². The van der Waals surface area contributed by atoms with E-state index in [-0.39, 0.29) is 5.41 Å². The van der Waals surface area contributed by atoms with Crippen LogP contribution in [0, 0.1) is 28.6 Å². The fraction of sp³-hybridized carbons (Fsp3) is 0.700. The molecule has 0 aromatic rings. The van der Waals surface area contributed by atoms with Crippen LogP contribution in [0.25, 0.3) is 0 Å². The van der Waals surface area contributed by atoms with E-state index in [1.807, 2.05) is 6.08 Å². The summed E-state index contributed by atoms with van der Waals surface area (Å²) in [6.07, 6.45) is 16.1. The van der Waals surface area contributed by atoms with Crippen molar-refractivity contribution < 1.29 is 4.79 Å². The normalized spacial score (nSPS) is 48.0. The predicted molar refractivity (Wildman–Crippen MR) is 85.4 cm³/mol. The van der Waals surface area contributed by atoms with Crippen LogP contribution in [0.2, 0.25) is 0 Å². The lowest BCUT2D eigenvalue weighted by Crippen LogP contribution is -2.48. The molecule has 0 bridgehead atoms. The van der Waals surface area contributed by atoms with Crippen molar-refractivity contribution in [3.05, 3.63) is 29.4 Å². The minimum Gasteiger partial charge on any atom is -0.233 e. The molecule has 21 heavy (non-hydrogen) atoms. The summed E-state index contributed by atoms with van der Waals surface area (Å²) in [7, 11) is 0. The lowest BCUT2D eigenvalue weighted by molar-refractivity contribution is -0.0150.